The molecule has 2 aliphatic rings. The molecule has 1 aromatic rings. The summed E-state index contributed by atoms with van der Waals surface area (Å²) in [5.74, 6) is 0.940. The van der Waals surface area contributed by atoms with Gasteiger partial charge in [-0.25, -0.2) is 4.79 Å². The third-order valence-corrected chi connectivity index (χ3v) is 6.31. The summed E-state index contributed by atoms with van der Waals surface area (Å²) in [5.41, 5.74) is 0.197. The second kappa shape index (κ2) is 5.41. The van der Waals surface area contributed by atoms with E-state index in [1.807, 2.05) is 17.8 Å². The third-order valence-electron chi connectivity index (χ3n) is 4.07. The Morgan fingerprint density at radius 1 is 1.30 bits per heavy atom. The number of amides is 1. The maximum Gasteiger partial charge on any atom is 0.329 e. The number of hydrogen-bond donors (Lipinski definition) is 2. The van der Waals surface area contributed by atoms with Crippen LogP contribution in [0.3, 0.4) is 0 Å². The van der Waals surface area contributed by atoms with Crippen molar-refractivity contribution in [2.24, 2.45) is 0 Å². The Balaban J connectivity index is 1.78. The zero-order valence-electron chi connectivity index (χ0n) is 11.1. The van der Waals surface area contributed by atoms with Crippen molar-refractivity contribution in [2.75, 3.05) is 5.75 Å². The smallest absolute Gasteiger partial charge is 0.329 e. The monoisotopic (exact) mass is 311 g/mol. The van der Waals surface area contributed by atoms with Crippen molar-refractivity contribution in [1.82, 2.24) is 5.32 Å². The van der Waals surface area contributed by atoms with Gasteiger partial charge in [-0.15, -0.1) is 11.3 Å². The summed E-state index contributed by atoms with van der Waals surface area (Å²) >= 11 is 3.40. The number of hydrogen-bond acceptors (Lipinski definition) is 4. The number of carbonyl (C=O) groups is 2. The minimum Gasteiger partial charge on any atom is -0.480 e. The molecule has 0 spiro atoms. The summed E-state index contributed by atoms with van der Waals surface area (Å²) in [6.07, 6.45) is 3.82. The van der Waals surface area contributed by atoms with Crippen LogP contribution in [-0.2, 0) is 17.0 Å². The Bertz CT molecular complexity index is 523. The lowest BCUT2D eigenvalue weighted by Gasteiger charge is -2.24. The summed E-state index contributed by atoms with van der Waals surface area (Å²) in [4.78, 5) is 25.8. The topological polar surface area (TPSA) is 66.4 Å². The van der Waals surface area contributed by atoms with Crippen molar-refractivity contribution in [1.29, 1.82) is 0 Å². The number of thiophene rings is 1. The van der Waals surface area contributed by atoms with Gasteiger partial charge in [0.25, 0.3) is 5.91 Å². The van der Waals surface area contributed by atoms with Gasteiger partial charge in [0.2, 0.25) is 0 Å². The van der Waals surface area contributed by atoms with Crippen LogP contribution in [0.15, 0.2) is 6.07 Å². The van der Waals surface area contributed by atoms with E-state index in [1.165, 1.54) is 21.8 Å². The van der Waals surface area contributed by atoms with E-state index in [2.05, 4.69) is 5.32 Å². The number of rotatable bonds is 3. The molecule has 0 radical (unpaired) electrons. The first-order valence-corrected chi connectivity index (χ1v) is 8.83. The molecule has 1 amide bonds. The maximum absolute atomic E-state index is 12.4. The van der Waals surface area contributed by atoms with E-state index in [0.717, 1.165) is 30.8 Å². The highest BCUT2D eigenvalue weighted by molar-refractivity contribution is 7.98. The minimum absolute atomic E-state index is 0.223. The fourth-order valence-corrected chi connectivity index (χ4v) is 5.18. The van der Waals surface area contributed by atoms with Crippen LogP contribution in [0.5, 0.6) is 0 Å². The highest BCUT2D eigenvalue weighted by Gasteiger charge is 2.43. The van der Waals surface area contributed by atoms with E-state index in [9.17, 15) is 14.7 Å². The standard InChI is InChI=1S/C14H17NO3S2/c16-12(15-14(13(17)18)4-1-2-5-14)11-7-9-8-19-6-3-10(9)20-11/h7H,1-6,8H2,(H,15,16)(H,17,18). The van der Waals surface area contributed by atoms with Gasteiger partial charge in [0, 0.05) is 10.6 Å². The number of carbonyl (C=O) groups excluding carboxylic acids is 1. The fraction of sp³-hybridized carbons (Fsp3) is 0.571. The molecule has 1 saturated carbocycles. The second-order valence-electron chi connectivity index (χ2n) is 5.41. The van der Waals surface area contributed by atoms with Crippen molar-refractivity contribution >= 4 is 35.0 Å². The van der Waals surface area contributed by atoms with Gasteiger partial charge in [0.15, 0.2) is 0 Å². The van der Waals surface area contributed by atoms with Crippen LogP contribution >= 0.6 is 23.1 Å². The van der Waals surface area contributed by atoms with E-state index >= 15 is 0 Å². The zero-order valence-corrected chi connectivity index (χ0v) is 12.7. The number of fused-ring (bicyclic) bond motifs is 1. The van der Waals surface area contributed by atoms with Crippen LogP contribution in [0.1, 0.15) is 45.8 Å². The molecule has 0 unspecified atom stereocenters. The van der Waals surface area contributed by atoms with Crippen molar-refractivity contribution in [3.63, 3.8) is 0 Å². The highest BCUT2D eigenvalue weighted by atomic mass is 32.2. The first-order valence-electron chi connectivity index (χ1n) is 6.86. The van der Waals surface area contributed by atoms with Gasteiger partial charge in [-0.2, -0.15) is 11.8 Å². The molecule has 2 heterocycles. The van der Waals surface area contributed by atoms with Gasteiger partial charge < -0.3 is 10.4 Å². The van der Waals surface area contributed by atoms with Gasteiger partial charge in [-0.1, -0.05) is 12.8 Å². The van der Waals surface area contributed by atoms with Crippen LogP contribution in [-0.4, -0.2) is 28.3 Å². The number of carboxylic acid groups (broad SMARTS) is 1. The van der Waals surface area contributed by atoms with Gasteiger partial charge in [0.1, 0.15) is 5.54 Å². The SMILES string of the molecule is O=C(NC1(C(=O)O)CCCC1)c1cc2c(s1)CCSC2. The minimum atomic E-state index is -1.05. The van der Waals surface area contributed by atoms with Crippen LogP contribution in [0.4, 0.5) is 0 Å². The molecule has 0 saturated heterocycles. The molecular formula is C14H17NO3S2. The highest BCUT2D eigenvalue weighted by Crippen LogP contribution is 2.34. The molecule has 1 aromatic heterocycles. The fourth-order valence-electron chi connectivity index (χ4n) is 2.91. The Morgan fingerprint density at radius 3 is 2.70 bits per heavy atom. The van der Waals surface area contributed by atoms with Crippen LogP contribution in [0, 0.1) is 0 Å². The summed E-state index contributed by atoms with van der Waals surface area (Å²) in [6.45, 7) is 0. The Kier molecular flexibility index (Phi) is 3.77. The van der Waals surface area contributed by atoms with E-state index in [1.54, 1.807) is 0 Å². The predicted octanol–water partition coefficient (Wildman–Crippen LogP) is 2.66. The largest absolute Gasteiger partial charge is 0.480 e. The van der Waals surface area contributed by atoms with E-state index < -0.39 is 11.5 Å². The molecule has 1 fully saturated rings. The molecule has 2 N–H and O–H groups in total. The normalized spacial score (nSPS) is 20.4. The first kappa shape index (κ1) is 13.9. The zero-order chi connectivity index (χ0) is 14.2. The number of aryl methyl sites for hydroxylation is 1. The van der Waals surface area contributed by atoms with E-state index in [-0.39, 0.29) is 5.91 Å². The average molecular weight is 311 g/mol. The number of carboxylic acids is 1. The molecule has 108 valence electrons. The van der Waals surface area contributed by atoms with Gasteiger partial charge in [-0.3, -0.25) is 4.79 Å². The second-order valence-corrected chi connectivity index (χ2v) is 7.65. The summed E-state index contributed by atoms with van der Waals surface area (Å²) in [7, 11) is 0. The molecule has 0 aromatic carbocycles. The molecule has 20 heavy (non-hydrogen) atoms. The lowest BCUT2D eigenvalue weighted by atomic mass is 9.98. The molecule has 6 heteroatoms. The Morgan fingerprint density at radius 2 is 2.05 bits per heavy atom. The van der Waals surface area contributed by atoms with Gasteiger partial charge in [-0.05, 0) is 36.6 Å². The summed E-state index contributed by atoms with van der Waals surface area (Å²) in [6, 6.07) is 1.94. The molecule has 4 nitrogen and oxygen atoms in total. The van der Waals surface area contributed by atoms with Crippen LogP contribution in [0.25, 0.3) is 0 Å². The Labute approximate surface area is 125 Å². The van der Waals surface area contributed by atoms with Gasteiger partial charge in [0.05, 0.1) is 4.88 Å². The molecular weight excluding hydrogens is 294 g/mol. The molecule has 1 aliphatic heterocycles. The third kappa shape index (κ3) is 2.46. The van der Waals surface area contributed by atoms with E-state index in [4.69, 9.17) is 0 Å². The van der Waals surface area contributed by atoms with Crippen molar-refractivity contribution in [3.8, 4) is 0 Å². The summed E-state index contributed by atoms with van der Waals surface area (Å²) < 4.78 is 0. The average Bonchev–Trinajstić information content (AvgIpc) is 3.05. The molecule has 0 atom stereocenters. The maximum atomic E-state index is 12.4. The lowest BCUT2D eigenvalue weighted by molar-refractivity contribution is -0.144. The van der Waals surface area contributed by atoms with Crippen LogP contribution < -0.4 is 5.32 Å². The predicted molar refractivity (Wildman–Crippen MR) is 80.5 cm³/mol. The van der Waals surface area contributed by atoms with Crippen molar-refractivity contribution < 1.29 is 14.7 Å². The Hall–Kier alpha value is -1.01. The van der Waals surface area contributed by atoms with Gasteiger partial charge >= 0.3 is 5.97 Å². The van der Waals surface area contributed by atoms with Crippen LogP contribution in [0.2, 0.25) is 0 Å². The van der Waals surface area contributed by atoms with Crippen molar-refractivity contribution in [3.05, 3.63) is 21.4 Å². The lowest BCUT2D eigenvalue weighted by Crippen LogP contribution is -2.52. The molecule has 3 rings (SSSR count). The van der Waals surface area contributed by atoms with Crippen molar-refractivity contribution in [2.45, 2.75) is 43.4 Å². The summed E-state index contributed by atoms with van der Waals surface area (Å²) in [5, 5.41) is 12.2. The number of nitrogens with one attached hydrogen (secondary N) is 1. The molecule has 0 bridgehead atoms. The first-order chi connectivity index (χ1) is 9.61. The number of thioether (sulfide) groups is 1. The molecule has 1 aliphatic carbocycles. The number of aliphatic carboxylic acids is 1. The quantitative estimate of drug-likeness (QED) is 0.900. The van der Waals surface area contributed by atoms with E-state index in [0.29, 0.717) is 17.7 Å².